The number of carbonyl (C=O) groups is 1. The molecule has 0 spiro atoms. The van der Waals surface area contributed by atoms with E-state index in [4.69, 9.17) is 4.74 Å². The molecule has 6 heteroatoms. The molecule has 1 saturated heterocycles. The Kier molecular flexibility index (Phi) is 5.40. The van der Waals surface area contributed by atoms with Crippen LogP contribution in [0.3, 0.4) is 0 Å². The van der Waals surface area contributed by atoms with Crippen molar-refractivity contribution < 1.29 is 9.53 Å². The first kappa shape index (κ1) is 16.4. The number of aromatic nitrogens is 1. The maximum absolute atomic E-state index is 12.9. The lowest BCUT2D eigenvalue weighted by Gasteiger charge is -2.34. The molecule has 0 aliphatic carbocycles. The van der Waals surface area contributed by atoms with Gasteiger partial charge in [-0.2, -0.15) is 0 Å². The summed E-state index contributed by atoms with van der Waals surface area (Å²) in [6.45, 7) is 3.41. The molecule has 2 heterocycles. The smallest absolute Gasteiger partial charge is 0.247 e. The van der Waals surface area contributed by atoms with Gasteiger partial charge in [0.1, 0.15) is 17.6 Å². The lowest BCUT2D eigenvalue weighted by Crippen LogP contribution is -2.48. The molecule has 2 aromatic rings. The summed E-state index contributed by atoms with van der Waals surface area (Å²) in [5.41, 5.74) is 0.950. The SMILES string of the molecule is COc1ccc(C(C(=O)Nc2ccccn2)N2CCNCC2)cc1. The number of hydrogen-bond donors (Lipinski definition) is 2. The number of ether oxygens (including phenoxy) is 1. The van der Waals surface area contributed by atoms with Crippen LogP contribution in [0.2, 0.25) is 0 Å². The zero-order valence-electron chi connectivity index (χ0n) is 13.7. The van der Waals surface area contributed by atoms with Gasteiger partial charge in [0, 0.05) is 32.4 Å². The van der Waals surface area contributed by atoms with Crippen LogP contribution in [0.1, 0.15) is 11.6 Å². The van der Waals surface area contributed by atoms with Gasteiger partial charge in [-0.05, 0) is 29.8 Å². The summed E-state index contributed by atoms with van der Waals surface area (Å²) in [4.78, 5) is 19.3. The van der Waals surface area contributed by atoms with Crippen molar-refractivity contribution in [3.63, 3.8) is 0 Å². The van der Waals surface area contributed by atoms with Gasteiger partial charge in [0.05, 0.1) is 7.11 Å². The second-order valence-corrected chi connectivity index (χ2v) is 5.67. The fourth-order valence-corrected chi connectivity index (χ4v) is 2.89. The number of rotatable bonds is 5. The first-order valence-electron chi connectivity index (χ1n) is 8.08. The molecule has 1 amide bonds. The number of benzene rings is 1. The van der Waals surface area contributed by atoms with E-state index < -0.39 is 0 Å². The number of pyridine rings is 1. The summed E-state index contributed by atoms with van der Waals surface area (Å²) in [7, 11) is 1.64. The summed E-state index contributed by atoms with van der Waals surface area (Å²) < 4.78 is 5.22. The molecule has 126 valence electrons. The molecule has 0 saturated carbocycles. The zero-order chi connectivity index (χ0) is 16.8. The Morgan fingerprint density at radius 1 is 1.21 bits per heavy atom. The molecule has 1 aromatic carbocycles. The van der Waals surface area contributed by atoms with Crippen molar-refractivity contribution in [3.05, 3.63) is 54.2 Å². The van der Waals surface area contributed by atoms with Gasteiger partial charge in [0.25, 0.3) is 0 Å². The van der Waals surface area contributed by atoms with Gasteiger partial charge < -0.3 is 15.4 Å². The summed E-state index contributed by atoms with van der Waals surface area (Å²) >= 11 is 0. The van der Waals surface area contributed by atoms with E-state index in [1.54, 1.807) is 19.4 Å². The van der Waals surface area contributed by atoms with E-state index in [0.29, 0.717) is 5.82 Å². The van der Waals surface area contributed by atoms with Crippen LogP contribution >= 0.6 is 0 Å². The maximum atomic E-state index is 12.9. The molecule has 24 heavy (non-hydrogen) atoms. The van der Waals surface area contributed by atoms with Gasteiger partial charge in [0.2, 0.25) is 5.91 Å². The van der Waals surface area contributed by atoms with Crippen molar-refractivity contribution in [2.75, 3.05) is 38.6 Å². The molecular weight excluding hydrogens is 304 g/mol. The standard InChI is InChI=1S/C18H22N4O2/c1-24-15-7-5-14(6-8-15)17(22-12-10-19-11-13-22)18(23)21-16-4-2-3-9-20-16/h2-9,17,19H,10-13H2,1H3,(H,20,21,23). The Morgan fingerprint density at radius 2 is 1.96 bits per heavy atom. The van der Waals surface area contributed by atoms with Gasteiger partial charge in [-0.15, -0.1) is 0 Å². The van der Waals surface area contributed by atoms with Crippen molar-refractivity contribution in [2.24, 2.45) is 0 Å². The molecular formula is C18H22N4O2. The minimum atomic E-state index is -0.347. The first-order valence-corrected chi connectivity index (χ1v) is 8.08. The van der Waals surface area contributed by atoms with Crippen LogP contribution in [0, 0.1) is 0 Å². The number of nitrogens with zero attached hydrogens (tertiary/aromatic N) is 2. The van der Waals surface area contributed by atoms with Crippen LogP contribution in [0.15, 0.2) is 48.7 Å². The van der Waals surface area contributed by atoms with Crippen molar-refractivity contribution in [2.45, 2.75) is 6.04 Å². The molecule has 3 rings (SSSR count). The molecule has 1 aromatic heterocycles. The number of nitrogens with one attached hydrogen (secondary N) is 2. The van der Waals surface area contributed by atoms with Gasteiger partial charge in [-0.25, -0.2) is 4.98 Å². The van der Waals surface area contributed by atoms with Crippen LogP contribution in [0.4, 0.5) is 5.82 Å². The van der Waals surface area contributed by atoms with E-state index in [2.05, 4.69) is 20.5 Å². The summed E-state index contributed by atoms with van der Waals surface area (Å²) in [6, 6.07) is 12.8. The fraction of sp³-hybridized carbons (Fsp3) is 0.333. The summed E-state index contributed by atoms with van der Waals surface area (Å²) in [5, 5.41) is 6.25. The number of hydrogen-bond acceptors (Lipinski definition) is 5. The molecule has 1 unspecified atom stereocenters. The predicted octanol–water partition coefficient (Wildman–Crippen LogP) is 1.68. The Labute approximate surface area is 141 Å². The topological polar surface area (TPSA) is 66.5 Å². The van der Waals surface area contributed by atoms with Gasteiger partial charge in [-0.1, -0.05) is 18.2 Å². The van der Waals surface area contributed by atoms with Crippen LogP contribution in [-0.2, 0) is 4.79 Å². The second-order valence-electron chi connectivity index (χ2n) is 5.67. The minimum Gasteiger partial charge on any atom is -0.497 e. The highest BCUT2D eigenvalue weighted by atomic mass is 16.5. The van der Waals surface area contributed by atoms with Gasteiger partial charge in [0.15, 0.2) is 0 Å². The predicted molar refractivity (Wildman–Crippen MR) is 93.0 cm³/mol. The third-order valence-electron chi connectivity index (χ3n) is 4.11. The lowest BCUT2D eigenvalue weighted by atomic mass is 10.0. The Bertz CT molecular complexity index is 654. The van der Waals surface area contributed by atoms with E-state index in [0.717, 1.165) is 37.5 Å². The van der Waals surface area contributed by atoms with E-state index in [-0.39, 0.29) is 11.9 Å². The number of carbonyl (C=O) groups excluding carboxylic acids is 1. The monoisotopic (exact) mass is 326 g/mol. The second kappa shape index (κ2) is 7.90. The fourth-order valence-electron chi connectivity index (χ4n) is 2.89. The van der Waals surface area contributed by atoms with Crippen molar-refractivity contribution in [1.29, 1.82) is 0 Å². The average Bonchev–Trinajstić information content (AvgIpc) is 2.64. The van der Waals surface area contributed by atoms with Crippen molar-refractivity contribution in [3.8, 4) is 5.75 Å². The molecule has 1 aliphatic rings. The Morgan fingerprint density at radius 3 is 2.58 bits per heavy atom. The summed E-state index contributed by atoms with van der Waals surface area (Å²) in [6.07, 6.45) is 1.67. The molecule has 1 atom stereocenters. The molecule has 1 fully saturated rings. The van der Waals surface area contributed by atoms with Gasteiger partial charge in [-0.3, -0.25) is 9.69 Å². The molecule has 0 radical (unpaired) electrons. The van der Waals surface area contributed by atoms with E-state index >= 15 is 0 Å². The largest absolute Gasteiger partial charge is 0.497 e. The van der Waals surface area contributed by atoms with Crippen molar-refractivity contribution >= 4 is 11.7 Å². The third kappa shape index (κ3) is 3.90. The molecule has 1 aliphatic heterocycles. The van der Waals surface area contributed by atoms with Crippen LogP contribution in [0.5, 0.6) is 5.75 Å². The normalized spacial score (nSPS) is 16.4. The van der Waals surface area contributed by atoms with Crippen molar-refractivity contribution in [1.82, 2.24) is 15.2 Å². The third-order valence-corrected chi connectivity index (χ3v) is 4.11. The summed E-state index contributed by atoms with van der Waals surface area (Å²) in [5.74, 6) is 1.28. The number of anilines is 1. The van der Waals surface area contributed by atoms with E-state index in [1.165, 1.54) is 0 Å². The van der Waals surface area contributed by atoms with Crippen LogP contribution < -0.4 is 15.4 Å². The number of methoxy groups -OCH3 is 1. The highest BCUT2D eigenvalue weighted by Crippen LogP contribution is 2.25. The molecule has 6 nitrogen and oxygen atoms in total. The zero-order valence-corrected chi connectivity index (χ0v) is 13.7. The minimum absolute atomic E-state index is 0.0687. The van der Waals surface area contributed by atoms with E-state index in [1.807, 2.05) is 36.4 Å². The molecule has 2 N–H and O–H groups in total. The number of piperazine rings is 1. The van der Waals surface area contributed by atoms with Crippen LogP contribution in [0.25, 0.3) is 0 Å². The van der Waals surface area contributed by atoms with E-state index in [9.17, 15) is 4.79 Å². The highest BCUT2D eigenvalue weighted by molar-refractivity contribution is 5.94. The highest BCUT2D eigenvalue weighted by Gasteiger charge is 2.29. The molecule has 0 bridgehead atoms. The Hall–Kier alpha value is -2.44. The van der Waals surface area contributed by atoms with Gasteiger partial charge >= 0.3 is 0 Å². The van der Waals surface area contributed by atoms with Crippen LogP contribution in [-0.4, -0.2) is 49.1 Å². The average molecular weight is 326 g/mol. The Balaban J connectivity index is 1.84. The number of amides is 1. The quantitative estimate of drug-likeness (QED) is 0.875. The maximum Gasteiger partial charge on any atom is 0.247 e. The first-order chi connectivity index (χ1) is 11.8. The lowest BCUT2D eigenvalue weighted by molar-refractivity contribution is -0.121.